The molecule has 1 aliphatic heterocycles. The molecule has 2 N–H and O–H groups in total. The molecule has 0 spiro atoms. The van der Waals surface area contributed by atoms with Crippen LogP contribution in [-0.2, 0) is 11.2 Å². The largest absolute Gasteiger partial charge is 0.481 e. The van der Waals surface area contributed by atoms with E-state index in [9.17, 15) is 20.7 Å². The number of aromatic nitrogens is 1. The van der Waals surface area contributed by atoms with Crippen molar-refractivity contribution < 1.29 is 19.7 Å². The maximum Gasteiger partial charge on any atom is 0.224 e. The average Bonchev–Trinajstić information content (AvgIpc) is 3.26. The van der Waals surface area contributed by atoms with Crippen LogP contribution in [0, 0.1) is 28.6 Å². The van der Waals surface area contributed by atoms with E-state index in [4.69, 9.17) is 9.47 Å². The van der Waals surface area contributed by atoms with Crippen LogP contribution in [0.5, 0.6) is 11.6 Å². The first-order chi connectivity index (χ1) is 17.3. The normalized spacial score (nSPS) is 27.3. The lowest BCUT2D eigenvalue weighted by Crippen LogP contribution is -2.52. The number of hydrogen-bond donors (Lipinski definition) is 2. The molecule has 0 bridgehead atoms. The molecule has 0 radical (unpaired) electrons. The van der Waals surface area contributed by atoms with Crippen LogP contribution in [0.25, 0.3) is 0 Å². The zero-order chi connectivity index (χ0) is 25.7. The molecule has 0 saturated heterocycles. The highest BCUT2D eigenvalue weighted by Crippen LogP contribution is 2.69. The van der Waals surface area contributed by atoms with Gasteiger partial charge in [-0.15, -0.1) is 12.4 Å². The molecule has 9 heteroatoms. The Morgan fingerprint density at radius 1 is 1.08 bits per heavy atom. The summed E-state index contributed by atoms with van der Waals surface area (Å²) in [5, 5.41) is 43.6. The number of pyridine rings is 1. The summed E-state index contributed by atoms with van der Waals surface area (Å²) in [6, 6.07) is 22.1. The molecule has 37 heavy (non-hydrogen) atoms. The highest BCUT2D eigenvalue weighted by Gasteiger charge is 2.76. The van der Waals surface area contributed by atoms with E-state index in [2.05, 4.69) is 11.1 Å². The Bertz CT molecular complexity index is 1390. The molecule has 0 amide bonds. The summed E-state index contributed by atoms with van der Waals surface area (Å²) in [5.41, 5.74) is -1.25. The topological polar surface area (TPSA) is 123 Å². The van der Waals surface area contributed by atoms with Gasteiger partial charge in [-0.2, -0.15) is 10.5 Å². The Morgan fingerprint density at radius 3 is 2.32 bits per heavy atom. The molecule has 0 unspecified atom stereocenters. The fourth-order valence-corrected chi connectivity index (χ4v) is 6.05. The zero-order valence-corrected chi connectivity index (χ0v) is 21.4. The van der Waals surface area contributed by atoms with E-state index in [0.29, 0.717) is 17.7 Å². The van der Waals surface area contributed by atoms with Crippen molar-refractivity contribution in [3.8, 4) is 23.8 Å². The number of hydrogen-bond acceptors (Lipinski definition) is 8. The van der Waals surface area contributed by atoms with Crippen molar-refractivity contribution in [2.75, 3.05) is 27.7 Å². The Morgan fingerprint density at radius 2 is 1.76 bits per heavy atom. The van der Waals surface area contributed by atoms with Crippen LogP contribution in [0.2, 0.25) is 0 Å². The minimum absolute atomic E-state index is 0. The van der Waals surface area contributed by atoms with Gasteiger partial charge in [0.15, 0.2) is 11.2 Å². The van der Waals surface area contributed by atoms with Gasteiger partial charge in [0, 0.05) is 24.4 Å². The molecule has 5 rings (SSSR count). The van der Waals surface area contributed by atoms with E-state index in [-0.39, 0.29) is 35.3 Å². The van der Waals surface area contributed by atoms with Crippen LogP contribution in [0.3, 0.4) is 0 Å². The summed E-state index contributed by atoms with van der Waals surface area (Å²) in [7, 11) is 5.23. The lowest BCUT2D eigenvalue weighted by molar-refractivity contribution is -0.152. The van der Waals surface area contributed by atoms with Crippen LogP contribution >= 0.6 is 12.4 Å². The van der Waals surface area contributed by atoms with Gasteiger partial charge in [0.05, 0.1) is 30.4 Å². The second kappa shape index (κ2) is 9.66. The quantitative estimate of drug-likeness (QED) is 0.528. The van der Waals surface area contributed by atoms with Gasteiger partial charge in [0.1, 0.15) is 17.5 Å². The summed E-state index contributed by atoms with van der Waals surface area (Å²) >= 11 is 0. The van der Waals surface area contributed by atoms with Crippen molar-refractivity contribution in [3.63, 3.8) is 0 Å². The number of methoxy groups -OCH3 is 1. The second-order valence-corrected chi connectivity index (χ2v) is 9.55. The predicted molar refractivity (Wildman–Crippen MR) is 137 cm³/mol. The molecule has 190 valence electrons. The molecule has 1 aromatic heterocycles. The van der Waals surface area contributed by atoms with E-state index >= 15 is 0 Å². The average molecular weight is 519 g/mol. The van der Waals surface area contributed by atoms with Gasteiger partial charge in [-0.05, 0) is 37.4 Å². The molecule has 1 aliphatic carbocycles. The van der Waals surface area contributed by atoms with Crippen molar-refractivity contribution in [2.45, 2.75) is 23.2 Å². The van der Waals surface area contributed by atoms with Gasteiger partial charge in [0.2, 0.25) is 5.88 Å². The van der Waals surface area contributed by atoms with Gasteiger partial charge in [-0.25, -0.2) is 4.98 Å². The molecular weight excluding hydrogens is 492 g/mol. The third-order valence-electron chi connectivity index (χ3n) is 7.35. The number of benzene rings is 2. The standard InChI is InChI=1S/C28H26N4O4.ClH/c1-32(2)16-21-23(18-7-5-4-6-8-18)28(19-11-9-17(14-29)10-12-19)27(34,25(21)33)24-22(36-28)13-20(15-30)31-26(24)35-3;/h4-13,21,23,25,33-34H,16H2,1-3H3;1H/t21-,23-,25-,27+,28+;/m1./s1. The SMILES string of the molecule is COc1nc(C#N)cc2c1[C@]1(O)[C@H](O)[C@H](CN(C)C)[C@@H](c3ccccc3)[C@]1(c1ccc(C#N)cc1)O2.Cl. The lowest BCUT2D eigenvalue weighted by Gasteiger charge is -2.41. The first kappa shape index (κ1) is 26.4. The van der Waals surface area contributed by atoms with Gasteiger partial charge in [-0.1, -0.05) is 42.5 Å². The molecule has 5 atom stereocenters. The molecule has 8 nitrogen and oxygen atoms in total. The van der Waals surface area contributed by atoms with Crippen molar-refractivity contribution in [2.24, 2.45) is 5.92 Å². The molecular formula is C28H27ClN4O4. The fraction of sp³-hybridized carbons (Fsp3) is 0.321. The van der Waals surface area contributed by atoms with Gasteiger partial charge < -0.3 is 24.6 Å². The highest BCUT2D eigenvalue weighted by atomic mass is 35.5. The molecule has 1 fully saturated rings. The fourth-order valence-electron chi connectivity index (χ4n) is 6.05. The number of rotatable bonds is 5. The number of nitrogens with zero attached hydrogens (tertiary/aromatic N) is 4. The number of nitriles is 2. The molecule has 1 saturated carbocycles. The van der Waals surface area contributed by atoms with E-state index in [1.807, 2.05) is 55.4 Å². The summed E-state index contributed by atoms with van der Waals surface area (Å²) in [6.45, 7) is 0.464. The monoisotopic (exact) mass is 518 g/mol. The number of fused-ring (bicyclic) bond motifs is 3. The Labute approximate surface area is 221 Å². The summed E-state index contributed by atoms with van der Waals surface area (Å²) in [5.74, 6) is -0.694. The van der Waals surface area contributed by atoms with E-state index < -0.39 is 29.1 Å². The second-order valence-electron chi connectivity index (χ2n) is 9.55. The first-order valence-electron chi connectivity index (χ1n) is 11.6. The number of aliphatic hydroxyl groups excluding tert-OH is 1. The van der Waals surface area contributed by atoms with E-state index in [1.54, 1.807) is 24.3 Å². The van der Waals surface area contributed by atoms with Gasteiger partial charge >= 0.3 is 0 Å². The van der Waals surface area contributed by atoms with Crippen LogP contribution in [0.4, 0.5) is 0 Å². The van der Waals surface area contributed by atoms with Crippen molar-refractivity contribution in [3.05, 3.63) is 88.6 Å². The summed E-state index contributed by atoms with van der Waals surface area (Å²) < 4.78 is 12.3. The zero-order valence-electron chi connectivity index (χ0n) is 20.6. The predicted octanol–water partition coefficient (Wildman–Crippen LogP) is 3.07. The van der Waals surface area contributed by atoms with Crippen molar-refractivity contribution in [1.82, 2.24) is 9.88 Å². The van der Waals surface area contributed by atoms with E-state index in [1.165, 1.54) is 13.2 Å². The summed E-state index contributed by atoms with van der Waals surface area (Å²) in [6.07, 6.45) is -1.27. The molecule has 3 aromatic rings. The summed E-state index contributed by atoms with van der Waals surface area (Å²) in [4.78, 5) is 6.24. The Kier molecular flexibility index (Phi) is 6.89. The Hall–Kier alpha value is -3.66. The third kappa shape index (κ3) is 3.65. The van der Waals surface area contributed by atoms with Crippen molar-refractivity contribution in [1.29, 1.82) is 10.5 Å². The number of ether oxygens (including phenoxy) is 2. The van der Waals surface area contributed by atoms with Gasteiger partial charge in [0.25, 0.3) is 0 Å². The highest BCUT2D eigenvalue weighted by molar-refractivity contribution is 5.85. The third-order valence-corrected chi connectivity index (χ3v) is 7.35. The number of halogens is 1. The van der Waals surface area contributed by atoms with Gasteiger partial charge in [-0.3, -0.25) is 0 Å². The van der Waals surface area contributed by atoms with E-state index in [0.717, 1.165) is 5.56 Å². The maximum atomic E-state index is 12.7. The lowest BCUT2D eigenvalue weighted by atomic mass is 9.70. The Balaban J connectivity index is 0.00000320. The van der Waals surface area contributed by atoms with Crippen LogP contribution in [-0.4, -0.2) is 54.0 Å². The first-order valence-corrected chi connectivity index (χ1v) is 11.6. The minimum atomic E-state index is -1.97. The van der Waals surface area contributed by atoms with Crippen LogP contribution in [0.1, 0.15) is 33.9 Å². The van der Waals surface area contributed by atoms with Crippen LogP contribution in [0.15, 0.2) is 60.7 Å². The minimum Gasteiger partial charge on any atom is -0.481 e. The maximum absolute atomic E-state index is 12.7. The smallest absolute Gasteiger partial charge is 0.224 e. The molecule has 2 heterocycles. The number of aliphatic hydroxyl groups is 2. The molecule has 2 aromatic carbocycles. The molecule has 2 aliphatic rings. The van der Waals surface area contributed by atoms with Crippen molar-refractivity contribution >= 4 is 12.4 Å². The van der Waals surface area contributed by atoms with Crippen LogP contribution < -0.4 is 9.47 Å².